The standard InChI is InChI=1S/C12H13BrO4/c1-16-7-9(6-12(14)15)8-3-4-11(17-2)10(13)5-8/h3-6H,7H2,1-2H3,(H,14,15)/b9-6+. The van der Waals surface area contributed by atoms with E-state index in [4.69, 9.17) is 14.6 Å². The summed E-state index contributed by atoms with van der Waals surface area (Å²) in [6.07, 6.45) is 1.14. The predicted octanol–water partition coefficient (Wildman–Crippen LogP) is 2.57. The monoisotopic (exact) mass is 300 g/mol. The number of hydrogen-bond acceptors (Lipinski definition) is 3. The van der Waals surface area contributed by atoms with E-state index >= 15 is 0 Å². The van der Waals surface area contributed by atoms with Crippen LogP contribution in [0.3, 0.4) is 0 Å². The van der Waals surface area contributed by atoms with Crippen molar-refractivity contribution < 1.29 is 19.4 Å². The smallest absolute Gasteiger partial charge is 0.328 e. The molecule has 0 atom stereocenters. The van der Waals surface area contributed by atoms with Gasteiger partial charge < -0.3 is 14.6 Å². The van der Waals surface area contributed by atoms with Crippen molar-refractivity contribution >= 4 is 27.5 Å². The summed E-state index contributed by atoms with van der Waals surface area (Å²) in [4.78, 5) is 10.7. The molecule has 0 saturated heterocycles. The molecule has 17 heavy (non-hydrogen) atoms. The summed E-state index contributed by atoms with van der Waals surface area (Å²) in [5, 5.41) is 8.77. The first kappa shape index (κ1) is 13.7. The highest BCUT2D eigenvalue weighted by atomic mass is 79.9. The van der Waals surface area contributed by atoms with Crippen molar-refractivity contribution in [2.75, 3.05) is 20.8 Å². The Kier molecular flexibility index (Phi) is 5.18. The van der Waals surface area contributed by atoms with Crippen LogP contribution in [0.2, 0.25) is 0 Å². The zero-order valence-electron chi connectivity index (χ0n) is 9.57. The Morgan fingerprint density at radius 2 is 2.18 bits per heavy atom. The van der Waals surface area contributed by atoms with Crippen LogP contribution < -0.4 is 4.74 Å². The number of ether oxygens (including phenoxy) is 2. The Hall–Kier alpha value is -1.33. The number of aliphatic carboxylic acids is 1. The maximum Gasteiger partial charge on any atom is 0.328 e. The van der Waals surface area contributed by atoms with Gasteiger partial charge in [-0.15, -0.1) is 0 Å². The number of carbonyl (C=O) groups is 1. The molecule has 0 unspecified atom stereocenters. The molecule has 1 aromatic carbocycles. The van der Waals surface area contributed by atoms with Crippen molar-refractivity contribution in [3.63, 3.8) is 0 Å². The molecule has 4 nitrogen and oxygen atoms in total. The van der Waals surface area contributed by atoms with Crippen LogP contribution in [0.1, 0.15) is 5.56 Å². The van der Waals surface area contributed by atoms with Gasteiger partial charge in [0.1, 0.15) is 5.75 Å². The molecule has 0 aromatic heterocycles. The van der Waals surface area contributed by atoms with E-state index in [1.807, 2.05) is 0 Å². The van der Waals surface area contributed by atoms with E-state index in [9.17, 15) is 4.79 Å². The molecule has 0 radical (unpaired) electrons. The van der Waals surface area contributed by atoms with Gasteiger partial charge >= 0.3 is 5.97 Å². The first-order valence-electron chi connectivity index (χ1n) is 4.84. The van der Waals surface area contributed by atoms with Gasteiger partial charge in [0, 0.05) is 13.2 Å². The van der Waals surface area contributed by atoms with Crippen LogP contribution in [-0.4, -0.2) is 31.9 Å². The van der Waals surface area contributed by atoms with Gasteiger partial charge in [-0.2, -0.15) is 0 Å². The van der Waals surface area contributed by atoms with Gasteiger partial charge in [0.15, 0.2) is 0 Å². The van der Waals surface area contributed by atoms with E-state index in [1.165, 1.54) is 7.11 Å². The van der Waals surface area contributed by atoms with Crippen molar-refractivity contribution in [3.05, 3.63) is 34.3 Å². The van der Waals surface area contributed by atoms with Crippen molar-refractivity contribution in [3.8, 4) is 5.75 Å². The average Bonchev–Trinajstić information content (AvgIpc) is 2.28. The lowest BCUT2D eigenvalue weighted by molar-refractivity contribution is -0.131. The Bertz CT molecular complexity index is 440. The fraction of sp³-hybridized carbons (Fsp3) is 0.250. The maximum atomic E-state index is 10.7. The Balaban J connectivity index is 3.11. The molecule has 1 rings (SSSR count). The Labute approximate surface area is 108 Å². The summed E-state index contributed by atoms with van der Waals surface area (Å²) < 4.78 is 10.9. The van der Waals surface area contributed by atoms with Gasteiger partial charge in [0.05, 0.1) is 18.2 Å². The summed E-state index contributed by atoms with van der Waals surface area (Å²) in [6, 6.07) is 5.36. The normalized spacial score (nSPS) is 11.4. The number of methoxy groups -OCH3 is 2. The molecule has 0 amide bonds. The molecular weight excluding hydrogens is 288 g/mol. The van der Waals surface area contributed by atoms with Crippen LogP contribution in [0.5, 0.6) is 5.75 Å². The summed E-state index contributed by atoms with van der Waals surface area (Å²) in [7, 11) is 3.09. The number of rotatable bonds is 5. The van der Waals surface area contributed by atoms with E-state index in [-0.39, 0.29) is 6.61 Å². The summed E-state index contributed by atoms with van der Waals surface area (Å²) in [5.74, 6) is -0.301. The molecule has 0 saturated carbocycles. The molecule has 1 N–H and O–H groups in total. The highest BCUT2D eigenvalue weighted by Gasteiger charge is 2.07. The van der Waals surface area contributed by atoms with Gasteiger partial charge in [-0.25, -0.2) is 4.79 Å². The fourth-order valence-corrected chi connectivity index (χ4v) is 1.92. The highest BCUT2D eigenvalue weighted by Crippen LogP contribution is 2.28. The minimum atomic E-state index is -0.996. The van der Waals surface area contributed by atoms with E-state index in [0.717, 1.165) is 16.1 Å². The molecule has 0 aliphatic carbocycles. The highest BCUT2D eigenvalue weighted by molar-refractivity contribution is 9.10. The quantitative estimate of drug-likeness (QED) is 0.849. The molecule has 92 valence electrons. The lowest BCUT2D eigenvalue weighted by atomic mass is 10.1. The summed E-state index contributed by atoms with van der Waals surface area (Å²) >= 11 is 3.35. The average molecular weight is 301 g/mol. The second-order valence-corrected chi connectivity index (χ2v) is 4.14. The first-order valence-corrected chi connectivity index (χ1v) is 5.64. The number of halogens is 1. The van der Waals surface area contributed by atoms with Gasteiger partial charge in [-0.3, -0.25) is 0 Å². The molecule has 0 aliphatic heterocycles. The third kappa shape index (κ3) is 3.87. The topological polar surface area (TPSA) is 55.8 Å². The van der Waals surface area contributed by atoms with Crippen LogP contribution >= 0.6 is 15.9 Å². The van der Waals surface area contributed by atoms with Crippen LogP contribution in [0, 0.1) is 0 Å². The number of carboxylic acids is 1. The molecule has 0 heterocycles. The maximum absolute atomic E-state index is 10.7. The lowest BCUT2D eigenvalue weighted by Crippen LogP contribution is -1.99. The third-order valence-corrected chi connectivity index (χ3v) is 2.74. The van der Waals surface area contributed by atoms with Crippen LogP contribution in [0.4, 0.5) is 0 Å². The molecule has 1 aromatic rings. The second kappa shape index (κ2) is 6.42. The van der Waals surface area contributed by atoms with Gasteiger partial charge in [-0.05, 0) is 39.2 Å². The zero-order chi connectivity index (χ0) is 12.8. The Morgan fingerprint density at radius 1 is 1.47 bits per heavy atom. The van der Waals surface area contributed by atoms with Crippen LogP contribution in [0.25, 0.3) is 5.57 Å². The predicted molar refractivity (Wildman–Crippen MR) is 68.2 cm³/mol. The number of hydrogen-bond donors (Lipinski definition) is 1. The van der Waals surface area contributed by atoms with E-state index in [0.29, 0.717) is 11.3 Å². The van der Waals surface area contributed by atoms with Gasteiger partial charge in [-0.1, -0.05) is 6.07 Å². The van der Waals surface area contributed by atoms with Crippen molar-refractivity contribution in [2.45, 2.75) is 0 Å². The minimum Gasteiger partial charge on any atom is -0.496 e. The first-order chi connectivity index (χ1) is 8.08. The van der Waals surface area contributed by atoms with Crippen LogP contribution in [-0.2, 0) is 9.53 Å². The number of benzene rings is 1. The van der Waals surface area contributed by atoms with Gasteiger partial charge in [0.25, 0.3) is 0 Å². The molecule has 0 spiro atoms. The van der Waals surface area contributed by atoms with Crippen molar-refractivity contribution in [1.29, 1.82) is 0 Å². The largest absolute Gasteiger partial charge is 0.496 e. The third-order valence-electron chi connectivity index (χ3n) is 2.12. The molecule has 0 bridgehead atoms. The van der Waals surface area contributed by atoms with E-state index in [1.54, 1.807) is 25.3 Å². The lowest BCUT2D eigenvalue weighted by Gasteiger charge is -2.09. The van der Waals surface area contributed by atoms with E-state index < -0.39 is 5.97 Å². The summed E-state index contributed by atoms with van der Waals surface area (Å²) in [5.41, 5.74) is 1.38. The molecule has 5 heteroatoms. The zero-order valence-corrected chi connectivity index (χ0v) is 11.2. The second-order valence-electron chi connectivity index (χ2n) is 3.29. The molecule has 0 aliphatic rings. The molecule has 0 fully saturated rings. The van der Waals surface area contributed by atoms with Crippen LogP contribution in [0.15, 0.2) is 28.7 Å². The number of carboxylic acid groups (broad SMARTS) is 1. The fourth-order valence-electron chi connectivity index (χ4n) is 1.38. The summed E-state index contributed by atoms with van der Waals surface area (Å²) in [6.45, 7) is 0.241. The van der Waals surface area contributed by atoms with Gasteiger partial charge in [0.2, 0.25) is 0 Å². The Morgan fingerprint density at radius 3 is 2.65 bits per heavy atom. The molecular formula is C12H13BrO4. The van der Waals surface area contributed by atoms with Crippen molar-refractivity contribution in [1.82, 2.24) is 0 Å². The van der Waals surface area contributed by atoms with E-state index in [2.05, 4.69) is 15.9 Å². The SMILES string of the molecule is COC/C(=C\C(=O)O)c1ccc(OC)c(Br)c1. The van der Waals surface area contributed by atoms with Crippen molar-refractivity contribution in [2.24, 2.45) is 0 Å². The minimum absolute atomic E-state index is 0.241.